The van der Waals surface area contributed by atoms with Gasteiger partial charge in [-0.05, 0) is 6.42 Å². The van der Waals surface area contributed by atoms with Crippen molar-refractivity contribution in [3.63, 3.8) is 0 Å². The average Bonchev–Trinajstić information content (AvgIpc) is 3.11. The summed E-state index contributed by atoms with van der Waals surface area (Å²) in [6.07, 6.45) is 0.547. The van der Waals surface area contributed by atoms with Gasteiger partial charge in [-0.15, -0.1) is 0 Å². The molecule has 334 valence electrons. The summed E-state index contributed by atoms with van der Waals surface area (Å²) in [4.78, 5) is 34.2. The van der Waals surface area contributed by atoms with Gasteiger partial charge in [0.1, 0.15) is 0 Å². The maximum Gasteiger partial charge on any atom is 0.460 e. The minimum Gasteiger partial charge on any atom is -0.459 e. The molecule has 24 heteroatoms. The average molecular weight is 884 g/mol. The first-order chi connectivity index (χ1) is 26.2. The molecular formula is C34H36F19NO4. The van der Waals surface area contributed by atoms with E-state index in [-0.39, 0.29) is 30.1 Å². The maximum absolute atomic E-state index is 13.8. The third-order valence-corrected chi connectivity index (χ3v) is 8.57. The molecule has 0 heterocycles. The van der Waals surface area contributed by atoms with E-state index in [4.69, 9.17) is 5.73 Å². The van der Waals surface area contributed by atoms with Crippen molar-refractivity contribution >= 4 is 17.5 Å². The van der Waals surface area contributed by atoms with E-state index in [1.165, 1.54) is 6.08 Å². The highest BCUT2D eigenvalue weighted by Gasteiger charge is 2.96. The first kappa shape index (κ1) is 52.3. The lowest BCUT2D eigenvalue weighted by Crippen LogP contribution is -2.76. The molecular weight excluding hydrogens is 847 g/mol. The molecule has 1 aromatic rings. The van der Waals surface area contributed by atoms with Gasteiger partial charge in [-0.2, -0.15) is 83.4 Å². The van der Waals surface area contributed by atoms with E-state index in [1.54, 1.807) is 24.3 Å². The van der Waals surface area contributed by atoms with Gasteiger partial charge in [0.25, 0.3) is 0 Å². The van der Waals surface area contributed by atoms with Crippen LogP contribution < -0.4 is 5.73 Å². The van der Waals surface area contributed by atoms with Crippen LogP contribution in [0.3, 0.4) is 0 Å². The second-order valence-corrected chi connectivity index (χ2v) is 13.0. The largest absolute Gasteiger partial charge is 0.460 e. The summed E-state index contributed by atoms with van der Waals surface area (Å²) >= 11 is 0. The summed E-state index contributed by atoms with van der Waals surface area (Å²) in [6.45, 7) is -1.25. The predicted molar refractivity (Wildman–Crippen MR) is 165 cm³/mol. The molecule has 0 bridgehead atoms. The summed E-state index contributed by atoms with van der Waals surface area (Å²) < 4.78 is 256. The first-order valence-electron chi connectivity index (χ1n) is 17.1. The summed E-state index contributed by atoms with van der Waals surface area (Å²) in [6, 6.07) is 6.66. The lowest BCUT2D eigenvalue weighted by atomic mass is 9.87. The number of unbranched alkanes of at least 4 members (excludes halogenated alkanes) is 10. The zero-order valence-corrected chi connectivity index (χ0v) is 30.0. The Kier molecular flexibility index (Phi) is 17.2. The molecule has 0 saturated heterocycles. The standard InChI is InChI=1S/C24H29F19O2.C10H7NO2/c1-2-3-4-5-6-7-8-9-10-11-12-13-15(44)45-14-16(25,26)17(27,28)18(29,30)19(31,32)20(33,34)21(35,36)22(37,38)23(39,40)24(41,42)43;11-8-5-9(12)6-3-1-2-4-7(6)10(8)13/h2-14H2,1H3;1-5H,11H2. The van der Waals surface area contributed by atoms with E-state index < -0.39 is 72.6 Å². The molecule has 2 N–H and O–H groups in total. The molecule has 0 unspecified atom stereocenters. The van der Waals surface area contributed by atoms with Crippen LogP contribution in [-0.2, 0) is 9.53 Å². The number of esters is 1. The number of fused-ring (bicyclic) bond motifs is 1. The number of carbonyl (C=O) groups is 3. The summed E-state index contributed by atoms with van der Waals surface area (Å²) in [5.41, 5.74) is 6.22. The fourth-order valence-electron chi connectivity index (χ4n) is 5.00. The van der Waals surface area contributed by atoms with E-state index in [0.29, 0.717) is 24.0 Å². The second-order valence-electron chi connectivity index (χ2n) is 13.0. The van der Waals surface area contributed by atoms with Crippen molar-refractivity contribution in [2.24, 2.45) is 5.73 Å². The monoisotopic (exact) mass is 883 g/mol. The van der Waals surface area contributed by atoms with Crippen LogP contribution in [0.1, 0.15) is 105 Å². The summed E-state index contributed by atoms with van der Waals surface area (Å²) in [7, 11) is 0. The quantitative estimate of drug-likeness (QED) is 0.0755. The van der Waals surface area contributed by atoms with Crippen molar-refractivity contribution in [1.82, 2.24) is 0 Å². The number of halogens is 19. The van der Waals surface area contributed by atoms with Gasteiger partial charge >= 0.3 is 59.5 Å². The molecule has 0 atom stereocenters. The SMILES string of the molecule is CCCCCCCCCCCCCC(=O)OCC(F)(F)C(F)(F)C(F)(F)C(F)(F)C(F)(F)C(F)(F)C(F)(F)C(F)(F)C(F)(F)F.NC1=CC(=O)c2ccccc2C1=O. The molecule has 0 spiro atoms. The van der Waals surface area contributed by atoms with Crippen molar-refractivity contribution in [2.75, 3.05) is 6.61 Å². The van der Waals surface area contributed by atoms with Crippen molar-refractivity contribution in [2.45, 2.75) is 138 Å². The Hall–Kier alpha value is -3.76. The van der Waals surface area contributed by atoms with Crippen LogP contribution >= 0.6 is 0 Å². The van der Waals surface area contributed by atoms with Crippen LogP contribution in [0.5, 0.6) is 0 Å². The van der Waals surface area contributed by atoms with Gasteiger partial charge in [0.15, 0.2) is 12.4 Å². The van der Waals surface area contributed by atoms with Gasteiger partial charge < -0.3 is 10.5 Å². The highest BCUT2D eigenvalue weighted by Crippen LogP contribution is 2.65. The zero-order valence-electron chi connectivity index (χ0n) is 30.0. The topological polar surface area (TPSA) is 86.5 Å². The van der Waals surface area contributed by atoms with Crippen molar-refractivity contribution in [3.05, 3.63) is 47.2 Å². The predicted octanol–water partition coefficient (Wildman–Crippen LogP) is 11.8. The number of carbonyl (C=O) groups excluding carboxylic acids is 3. The minimum absolute atomic E-state index is 0.0173. The van der Waals surface area contributed by atoms with Crippen LogP contribution in [0.2, 0.25) is 0 Å². The number of benzene rings is 1. The van der Waals surface area contributed by atoms with Crippen molar-refractivity contribution < 1.29 is 103 Å². The van der Waals surface area contributed by atoms with Crippen LogP contribution in [0.15, 0.2) is 36.0 Å². The van der Waals surface area contributed by atoms with Crippen LogP contribution in [0.25, 0.3) is 0 Å². The van der Waals surface area contributed by atoms with Gasteiger partial charge in [-0.3, -0.25) is 14.4 Å². The highest BCUT2D eigenvalue weighted by atomic mass is 19.4. The molecule has 0 fully saturated rings. The van der Waals surface area contributed by atoms with Gasteiger partial charge in [-0.25, -0.2) is 0 Å². The van der Waals surface area contributed by atoms with Crippen molar-refractivity contribution in [1.29, 1.82) is 0 Å². The van der Waals surface area contributed by atoms with Gasteiger partial charge in [-0.1, -0.05) is 95.4 Å². The fourth-order valence-corrected chi connectivity index (χ4v) is 5.00. The number of Topliss-reactive ketones (excluding diaryl/α,β-unsaturated/α-hetero) is 1. The zero-order chi connectivity index (χ0) is 45.4. The summed E-state index contributed by atoms with van der Waals surface area (Å²) in [5, 5.41) is 0. The second kappa shape index (κ2) is 19.1. The Morgan fingerprint density at radius 1 is 0.534 bits per heavy atom. The molecule has 58 heavy (non-hydrogen) atoms. The number of allylic oxidation sites excluding steroid dienone is 2. The van der Waals surface area contributed by atoms with E-state index >= 15 is 0 Å². The number of hydrogen-bond acceptors (Lipinski definition) is 5. The molecule has 0 radical (unpaired) electrons. The Morgan fingerprint density at radius 3 is 1.31 bits per heavy atom. The Bertz CT molecular complexity index is 1590. The minimum atomic E-state index is -8.98. The lowest BCUT2D eigenvalue weighted by molar-refractivity contribution is -0.469. The number of hydrogen-bond donors (Lipinski definition) is 1. The maximum atomic E-state index is 13.8. The van der Waals surface area contributed by atoms with Crippen LogP contribution in [-0.4, -0.2) is 77.7 Å². The fraction of sp³-hybridized carbons (Fsp3) is 0.676. The smallest absolute Gasteiger partial charge is 0.459 e. The lowest BCUT2D eigenvalue weighted by Gasteiger charge is -2.43. The van der Waals surface area contributed by atoms with Crippen LogP contribution in [0, 0.1) is 0 Å². The number of alkyl halides is 19. The molecule has 0 aliphatic heterocycles. The van der Waals surface area contributed by atoms with E-state index in [1.807, 2.05) is 6.92 Å². The van der Waals surface area contributed by atoms with E-state index in [0.717, 1.165) is 44.9 Å². The first-order valence-corrected chi connectivity index (χ1v) is 17.1. The van der Waals surface area contributed by atoms with Gasteiger partial charge in [0, 0.05) is 23.6 Å². The highest BCUT2D eigenvalue weighted by molar-refractivity contribution is 6.24. The molecule has 0 aromatic heterocycles. The Morgan fingerprint density at radius 2 is 0.897 bits per heavy atom. The molecule has 0 amide bonds. The number of ether oxygens (including phenoxy) is 1. The number of nitrogens with two attached hydrogens (primary N) is 1. The molecule has 0 saturated carbocycles. The third-order valence-electron chi connectivity index (χ3n) is 8.57. The normalized spacial score (nSPS) is 15.1. The molecule has 1 aliphatic rings. The van der Waals surface area contributed by atoms with E-state index in [2.05, 4.69) is 4.74 Å². The van der Waals surface area contributed by atoms with Gasteiger partial charge in [0.05, 0.1) is 5.70 Å². The molecule has 5 nitrogen and oxygen atoms in total. The van der Waals surface area contributed by atoms with Crippen LogP contribution in [0.4, 0.5) is 83.4 Å². The molecule has 1 aromatic carbocycles. The Balaban J connectivity index is 0.00000107. The third kappa shape index (κ3) is 10.5. The molecule has 2 rings (SSSR count). The molecule has 1 aliphatic carbocycles. The van der Waals surface area contributed by atoms with E-state index in [9.17, 15) is 97.8 Å². The Labute approximate surface area is 317 Å². The number of ketones is 2. The van der Waals surface area contributed by atoms with Gasteiger partial charge in [0.2, 0.25) is 5.78 Å². The summed E-state index contributed by atoms with van der Waals surface area (Å²) in [5.74, 6) is -69.6. The van der Waals surface area contributed by atoms with Crippen molar-refractivity contribution in [3.8, 4) is 0 Å². The number of rotatable bonds is 21.